The molecule has 1 aliphatic carbocycles. The Balaban J connectivity index is 1.46. The normalized spacial score (nSPS) is 18.2. The Bertz CT molecular complexity index is 1860. The van der Waals surface area contributed by atoms with Crippen LogP contribution in [0.15, 0.2) is 92.7 Å². The predicted molar refractivity (Wildman–Crippen MR) is 171 cm³/mol. The van der Waals surface area contributed by atoms with E-state index in [-0.39, 0.29) is 56.0 Å². The summed E-state index contributed by atoms with van der Waals surface area (Å²) in [6.45, 7) is 6.57. The number of alkyl halides is 3. The van der Waals surface area contributed by atoms with Gasteiger partial charge in [-0.05, 0) is 46.8 Å². The third-order valence-electron chi connectivity index (χ3n) is 8.81. The van der Waals surface area contributed by atoms with E-state index in [0.29, 0.717) is 0 Å². The van der Waals surface area contributed by atoms with E-state index in [1.807, 2.05) is 60.7 Å². The second kappa shape index (κ2) is 12.6. The molecule has 1 fully saturated rings. The van der Waals surface area contributed by atoms with E-state index in [0.717, 1.165) is 10.4 Å². The Hall–Kier alpha value is -3.69. The number of halogens is 3. The topological polar surface area (TPSA) is 114 Å². The molecule has 2 aliphatic rings. The zero-order valence-electron chi connectivity index (χ0n) is 26.5. The largest absolute Gasteiger partial charge is 0.534 e. The molecule has 1 atom stereocenters. The number of furan rings is 1. The molecular formula is C34H35F3O9SSi. The lowest BCUT2D eigenvalue weighted by Gasteiger charge is -2.44. The van der Waals surface area contributed by atoms with Crippen molar-refractivity contribution in [1.82, 2.24) is 0 Å². The van der Waals surface area contributed by atoms with Gasteiger partial charge in [0.15, 0.2) is 11.5 Å². The summed E-state index contributed by atoms with van der Waals surface area (Å²) < 4.78 is 101. The van der Waals surface area contributed by atoms with Crippen LogP contribution in [-0.2, 0) is 42.6 Å². The Labute approximate surface area is 276 Å². The molecule has 9 nitrogen and oxygen atoms in total. The van der Waals surface area contributed by atoms with E-state index in [1.165, 1.54) is 6.26 Å². The Kier molecular flexibility index (Phi) is 9.00. The van der Waals surface area contributed by atoms with Crippen LogP contribution in [0.3, 0.4) is 0 Å². The molecule has 14 heteroatoms. The average molecular weight is 705 g/mol. The van der Waals surface area contributed by atoms with Gasteiger partial charge in [-0.2, -0.15) is 21.6 Å². The maximum atomic E-state index is 13.7. The molecule has 2 aromatic heterocycles. The van der Waals surface area contributed by atoms with E-state index >= 15 is 0 Å². The van der Waals surface area contributed by atoms with Gasteiger partial charge >= 0.3 is 21.3 Å². The third-order valence-corrected chi connectivity index (χ3v) is 14.8. The van der Waals surface area contributed by atoms with Crippen LogP contribution < -0.4 is 20.2 Å². The van der Waals surface area contributed by atoms with E-state index < -0.39 is 57.8 Å². The maximum Gasteiger partial charge on any atom is 0.534 e. The average Bonchev–Trinajstić information content (AvgIpc) is 3.82. The van der Waals surface area contributed by atoms with Gasteiger partial charge in [-0.1, -0.05) is 81.4 Å². The van der Waals surface area contributed by atoms with Crippen LogP contribution in [0.2, 0.25) is 5.04 Å². The maximum absolute atomic E-state index is 13.7. The molecule has 48 heavy (non-hydrogen) atoms. The van der Waals surface area contributed by atoms with Crippen molar-refractivity contribution in [3.8, 4) is 5.75 Å². The van der Waals surface area contributed by atoms with Gasteiger partial charge in [0.2, 0.25) is 5.79 Å². The summed E-state index contributed by atoms with van der Waals surface area (Å²) in [4.78, 5) is 13.7. The summed E-state index contributed by atoms with van der Waals surface area (Å²) in [7, 11) is -9.39. The highest BCUT2D eigenvalue weighted by Gasteiger charge is 2.54. The molecule has 0 N–H and O–H groups in total. The Morgan fingerprint density at radius 2 is 1.52 bits per heavy atom. The third kappa shape index (κ3) is 6.04. The summed E-state index contributed by atoms with van der Waals surface area (Å²) in [6, 6.07) is 22.6. The summed E-state index contributed by atoms with van der Waals surface area (Å²) in [5.41, 5.74) is -7.16. The second-order valence-electron chi connectivity index (χ2n) is 12.8. The monoisotopic (exact) mass is 704 g/mol. The minimum absolute atomic E-state index is 0.0284. The predicted octanol–water partition coefficient (Wildman–Crippen LogP) is 5.86. The molecule has 4 aromatic rings. The molecule has 0 saturated carbocycles. The molecule has 0 spiro atoms. The highest BCUT2D eigenvalue weighted by Crippen LogP contribution is 2.47. The molecule has 3 heterocycles. The number of rotatable bonds is 10. The van der Waals surface area contributed by atoms with Crippen molar-refractivity contribution in [2.75, 3.05) is 13.2 Å². The van der Waals surface area contributed by atoms with Crippen LogP contribution in [0.1, 0.15) is 62.4 Å². The standard InChI is InChI=1S/C34H35F3O9SSi/c1-32(2,3)48(23-11-6-4-7-12-23,24-13-8-5-9-14-24)46-27-17-16-25-29(45-47(39,40)34(35,36)37)26(31(38)44-30(25)27)18-19-33(42-21-22-43-33)28-15-10-20-41-28/h4-15,20,27H,16-19,21-22H2,1-3H3. The van der Waals surface area contributed by atoms with Gasteiger partial charge in [-0.3, -0.25) is 0 Å². The van der Waals surface area contributed by atoms with E-state index in [1.54, 1.807) is 12.1 Å². The lowest BCUT2D eigenvalue weighted by Crippen LogP contribution is -2.66. The van der Waals surface area contributed by atoms with Crippen molar-refractivity contribution in [2.45, 2.75) is 68.9 Å². The molecule has 6 rings (SSSR count). The Morgan fingerprint density at radius 3 is 2.04 bits per heavy atom. The van der Waals surface area contributed by atoms with Crippen LogP contribution in [-0.4, -0.2) is 35.5 Å². The van der Waals surface area contributed by atoms with E-state index in [4.69, 9.17) is 26.9 Å². The first-order valence-corrected chi connectivity index (χ1v) is 18.8. The number of hydrogen-bond donors (Lipinski definition) is 0. The van der Waals surface area contributed by atoms with Crippen molar-refractivity contribution >= 4 is 28.8 Å². The number of fused-ring (bicyclic) bond motifs is 1. The highest BCUT2D eigenvalue weighted by atomic mass is 32.2. The number of hydrogen-bond acceptors (Lipinski definition) is 9. The van der Waals surface area contributed by atoms with Crippen LogP contribution >= 0.6 is 0 Å². The minimum atomic E-state index is -6.16. The van der Waals surface area contributed by atoms with Crippen LogP contribution in [0.5, 0.6) is 5.75 Å². The van der Waals surface area contributed by atoms with Gasteiger partial charge in [0.05, 0.1) is 25.0 Å². The summed E-state index contributed by atoms with van der Waals surface area (Å²) in [5.74, 6) is -1.92. The fraction of sp³-hybridized carbons (Fsp3) is 0.382. The van der Waals surface area contributed by atoms with Crippen molar-refractivity contribution in [2.24, 2.45) is 0 Å². The van der Waals surface area contributed by atoms with Crippen molar-refractivity contribution in [3.63, 3.8) is 0 Å². The van der Waals surface area contributed by atoms with E-state index in [9.17, 15) is 26.4 Å². The van der Waals surface area contributed by atoms with Crippen LogP contribution in [0.25, 0.3) is 0 Å². The SMILES string of the molecule is CC(C)(C)[Si](OC1CCc2c1oc(=O)c(CCC1(c3ccco3)OCCO1)c2OS(=O)(=O)C(F)(F)F)(c1ccccc1)c1ccccc1. The molecule has 1 saturated heterocycles. The number of ether oxygens (including phenoxy) is 2. The first-order chi connectivity index (χ1) is 22.7. The first-order valence-electron chi connectivity index (χ1n) is 15.5. The molecule has 0 radical (unpaired) electrons. The van der Waals surface area contributed by atoms with Gasteiger partial charge in [0.25, 0.3) is 8.32 Å². The van der Waals surface area contributed by atoms with Crippen molar-refractivity contribution < 1.29 is 48.5 Å². The van der Waals surface area contributed by atoms with Gasteiger partial charge < -0.3 is 26.9 Å². The minimum Gasteiger partial charge on any atom is -0.464 e. The smallest absolute Gasteiger partial charge is 0.464 e. The van der Waals surface area contributed by atoms with Gasteiger partial charge in [-0.25, -0.2) is 4.79 Å². The molecule has 2 aromatic carbocycles. The van der Waals surface area contributed by atoms with Gasteiger partial charge in [-0.15, -0.1) is 0 Å². The highest BCUT2D eigenvalue weighted by molar-refractivity contribution is 7.88. The summed E-state index contributed by atoms with van der Waals surface area (Å²) >= 11 is 0. The molecule has 1 unspecified atom stereocenters. The lowest BCUT2D eigenvalue weighted by atomic mass is 10.0. The lowest BCUT2D eigenvalue weighted by molar-refractivity contribution is -0.183. The van der Waals surface area contributed by atoms with Gasteiger partial charge in [0, 0.05) is 12.0 Å². The molecule has 1 aliphatic heterocycles. The fourth-order valence-corrected chi connectivity index (χ4v) is 11.8. The fourth-order valence-electron chi connectivity index (χ4n) is 6.65. The molecule has 0 bridgehead atoms. The van der Waals surface area contributed by atoms with Crippen LogP contribution in [0, 0.1) is 0 Å². The molecular weight excluding hydrogens is 670 g/mol. The molecule has 0 amide bonds. The molecule has 256 valence electrons. The summed E-state index contributed by atoms with van der Waals surface area (Å²) in [6.07, 6.45) is 0.348. The van der Waals surface area contributed by atoms with Gasteiger partial charge in [0.1, 0.15) is 11.9 Å². The quantitative estimate of drug-likeness (QED) is 0.114. The zero-order valence-corrected chi connectivity index (χ0v) is 28.4. The Morgan fingerprint density at radius 1 is 0.917 bits per heavy atom. The zero-order chi connectivity index (χ0) is 34.4. The van der Waals surface area contributed by atoms with Crippen LogP contribution in [0.4, 0.5) is 13.2 Å². The summed E-state index contributed by atoms with van der Waals surface area (Å²) in [5, 5.41) is 1.40. The van der Waals surface area contributed by atoms with Crippen molar-refractivity contribution in [3.05, 3.63) is 112 Å². The number of benzene rings is 2. The van der Waals surface area contributed by atoms with Crippen molar-refractivity contribution in [1.29, 1.82) is 0 Å². The second-order valence-corrected chi connectivity index (χ2v) is 18.5. The first kappa shape index (κ1) is 34.2. The van der Waals surface area contributed by atoms with E-state index in [2.05, 4.69) is 20.8 Å².